The van der Waals surface area contributed by atoms with Crippen LogP contribution < -0.4 is 5.32 Å². The average molecular weight is 355 g/mol. The fourth-order valence-electron chi connectivity index (χ4n) is 2.65. The average Bonchev–Trinajstić information content (AvgIpc) is 3.14. The van der Waals surface area contributed by atoms with Crippen LogP contribution in [0, 0.1) is 0 Å². The zero-order chi connectivity index (χ0) is 18.4. The lowest BCUT2D eigenvalue weighted by Gasteiger charge is -2.18. The van der Waals surface area contributed by atoms with E-state index in [1.54, 1.807) is 30.5 Å². The van der Waals surface area contributed by atoms with Crippen LogP contribution >= 0.6 is 0 Å². The van der Waals surface area contributed by atoms with Gasteiger partial charge in [0.05, 0.1) is 12.4 Å². The Balaban J connectivity index is 1.42. The van der Waals surface area contributed by atoms with Gasteiger partial charge in [-0.15, -0.1) is 0 Å². The topological polar surface area (TPSA) is 91.9 Å². The highest BCUT2D eigenvalue weighted by atomic mass is 16.5. The number of nitrogens with one attached hydrogen (secondary N) is 1. The van der Waals surface area contributed by atoms with Gasteiger partial charge in [-0.05, 0) is 35.7 Å². The summed E-state index contributed by atoms with van der Waals surface area (Å²) in [6, 6.07) is 16.4. The number of ether oxygens (including phenoxy) is 1. The van der Waals surface area contributed by atoms with E-state index in [1.165, 1.54) is 0 Å². The lowest BCUT2D eigenvalue weighted by molar-refractivity contribution is 0.0137. The standard InChI is InChI=1S/C20H21NO5/c22-17(19(23)16-6-7-18-15(12-16)9-11-25-18)8-10-21-20(24)26-13-14-4-2-1-3-5-14/h1-7,9,11-12,17,19,22-23H,8,10,13H2,(H,21,24). The van der Waals surface area contributed by atoms with Crippen LogP contribution in [0.25, 0.3) is 11.0 Å². The first-order chi connectivity index (χ1) is 12.6. The third kappa shape index (κ3) is 4.62. The molecule has 0 aliphatic carbocycles. The molecule has 1 heterocycles. The van der Waals surface area contributed by atoms with Crippen LogP contribution in [0.5, 0.6) is 0 Å². The number of hydrogen-bond donors (Lipinski definition) is 3. The summed E-state index contributed by atoms with van der Waals surface area (Å²) < 4.78 is 10.3. The normalized spacial score (nSPS) is 13.3. The van der Waals surface area contributed by atoms with Gasteiger partial charge >= 0.3 is 6.09 Å². The lowest BCUT2D eigenvalue weighted by Crippen LogP contribution is -2.29. The van der Waals surface area contributed by atoms with Crippen LogP contribution in [-0.2, 0) is 11.3 Å². The molecule has 3 rings (SSSR count). The van der Waals surface area contributed by atoms with E-state index in [0.29, 0.717) is 5.56 Å². The van der Waals surface area contributed by atoms with Crippen molar-refractivity contribution in [3.63, 3.8) is 0 Å². The van der Waals surface area contributed by atoms with E-state index >= 15 is 0 Å². The van der Waals surface area contributed by atoms with Crippen molar-refractivity contribution in [2.75, 3.05) is 6.54 Å². The highest BCUT2D eigenvalue weighted by Crippen LogP contribution is 2.24. The molecule has 1 aromatic heterocycles. The van der Waals surface area contributed by atoms with Gasteiger partial charge in [0.25, 0.3) is 0 Å². The van der Waals surface area contributed by atoms with Crippen molar-refractivity contribution in [1.29, 1.82) is 0 Å². The summed E-state index contributed by atoms with van der Waals surface area (Å²) in [4.78, 5) is 11.7. The molecule has 0 radical (unpaired) electrons. The van der Waals surface area contributed by atoms with E-state index in [9.17, 15) is 15.0 Å². The molecule has 2 atom stereocenters. The lowest BCUT2D eigenvalue weighted by atomic mass is 10.0. The summed E-state index contributed by atoms with van der Waals surface area (Å²) in [5.74, 6) is 0. The molecule has 1 amide bonds. The smallest absolute Gasteiger partial charge is 0.407 e. The van der Waals surface area contributed by atoms with Crippen molar-refractivity contribution < 1.29 is 24.2 Å². The maximum Gasteiger partial charge on any atom is 0.407 e. The molecule has 26 heavy (non-hydrogen) atoms. The Morgan fingerprint density at radius 3 is 2.73 bits per heavy atom. The second-order valence-electron chi connectivity index (χ2n) is 6.01. The Kier molecular flexibility index (Phi) is 5.88. The number of amides is 1. The summed E-state index contributed by atoms with van der Waals surface area (Å²) in [5, 5.41) is 23.9. The van der Waals surface area contributed by atoms with E-state index in [2.05, 4.69) is 5.32 Å². The molecule has 136 valence electrons. The van der Waals surface area contributed by atoms with Gasteiger partial charge in [-0.25, -0.2) is 4.79 Å². The highest BCUT2D eigenvalue weighted by Gasteiger charge is 2.19. The molecule has 2 aromatic carbocycles. The molecule has 3 aromatic rings. The maximum atomic E-state index is 11.7. The number of carbonyl (C=O) groups is 1. The van der Waals surface area contributed by atoms with Gasteiger partial charge in [-0.2, -0.15) is 0 Å². The van der Waals surface area contributed by atoms with Gasteiger partial charge in [0, 0.05) is 11.9 Å². The summed E-state index contributed by atoms with van der Waals surface area (Å²) in [5.41, 5.74) is 2.21. The largest absolute Gasteiger partial charge is 0.464 e. The van der Waals surface area contributed by atoms with Gasteiger partial charge in [0.1, 0.15) is 18.3 Å². The number of rotatable bonds is 7. The van der Waals surface area contributed by atoms with Crippen LogP contribution in [0.2, 0.25) is 0 Å². The Labute approximate surface area is 151 Å². The number of carbonyl (C=O) groups excluding carboxylic acids is 1. The minimum atomic E-state index is -1.04. The summed E-state index contributed by atoms with van der Waals surface area (Å²) in [7, 11) is 0. The Hall–Kier alpha value is -2.83. The minimum absolute atomic E-state index is 0.183. The van der Waals surface area contributed by atoms with Gasteiger partial charge in [-0.3, -0.25) is 0 Å². The number of furan rings is 1. The fourth-order valence-corrected chi connectivity index (χ4v) is 2.65. The molecule has 0 saturated heterocycles. The number of alkyl carbamates (subject to hydrolysis) is 1. The maximum absolute atomic E-state index is 11.7. The third-order valence-electron chi connectivity index (χ3n) is 4.10. The molecule has 6 heteroatoms. The predicted molar refractivity (Wildman–Crippen MR) is 96.4 cm³/mol. The molecule has 0 aliphatic rings. The van der Waals surface area contributed by atoms with Crippen LogP contribution in [0.4, 0.5) is 4.79 Å². The predicted octanol–water partition coefficient (Wildman–Crippen LogP) is 3.14. The van der Waals surface area contributed by atoms with Crippen LogP contribution in [0.3, 0.4) is 0 Å². The summed E-state index contributed by atoms with van der Waals surface area (Å²) >= 11 is 0. The van der Waals surface area contributed by atoms with Gasteiger partial charge in [0.2, 0.25) is 0 Å². The monoisotopic (exact) mass is 355 g/mol. The van der Waals surface area contributed by atoms with E-state index in [4.69, 9.17) is 9.15 Å². The van der Waals surface area contributed by atoms with Crippen LogP contribution in [0.1, 0.15) is 23.7 Å². The first kappa shape index (κ1) is 18.0. The molecule has 0 bridgehead atoms. The minimum Gasteiger partial charge on any atom is -0.464 e. The molecular formula is C20H21NO5. The first-order valence-electron chi connectivity index (χ1n) is 8.41. The second-order valence-corrected chi connectivity index (χ2v) is 6.01. The first-order valence-corrected chi connectivity index (χ1v) is 8.41. The molecule has 2 unspecified atom stereocenters. The van der Waals surface area contributed by atoms with Crippen molar-refractivity contribution in [2.45, 2.75) is 25.2 Å². The fraction of sp³-hybridized carbons (Fsp3) is 0.250. The Morgan fingerprint density at radius 1 is 1.12 bits per heavy atom. The van der Waals surface area contributed by atoms with E-state index in [1.807, 2.05) is 30.3 Å². The quantitative estimate of drug-likeness (QED) is 0.605. The second kappa shape index (κ2) is 8.51. The summed E-state index contributed by atoms with van der Waals surface area (Å²) in [6.45, 7) is 0.377. The summed E-state index contributed by atoms with van der Waals surface area (Å²) in [6.07, 6.45) is -0.839. The van der Waals surface area contributed by atoms with Crippen molar-refractivity contribution >= 4 is 17.1 Å². The zero-order valence-corrected chi connectivity index (χ0v) is 14.2. The van der Waals surface area contributed by atoms with Gasteiger partial charge in [-0.1, -0.05) is 36.4 Å². The SMILES string of the molecule is O=C(NCCC(O)C(O)c1ccc2occc2c1)OCc1ccccc1. The number of hydrogen-bond acceptors (Lipinski definition) is 5. The van der Waals surface area contributed by atoms with Gasteiger partial charge < -0.3 is 24.7 Å². The molecule has 3 N–H and O–H groups in total. The molecule has 6 nitrogen and oxygen atoms in total. The van der Waals surface area contributed by atoms with Crippen LogP contribution in [0.15, 0.2) is 65.3 Å². The van der Waals surface area contributed by atoms with Crippen LogP contribution in [-0.4, -0.2) is 29.0 Å². The Morgan fingerprint density at radius 2 is 1.92 bits per heavy atom. The number of fused-ring (bicyclic) bond motifs is 1. The van der Waals surface area contributed by atoms with E-state index in [0.717, 1.165) is 16.5 Å². The van der Waals surface area contributed by atoms with Crippen molar-refractivity contribution in [3.8, 4) is 0 Å². The molecule has 0 fully saturated rings. The third-order valence-corrected chi connectivity index (χ3v) is 4.10. The Bertz CT molecular complexity index is 846. The molecular weight excluding hydrogens is 334 g/mol. The zero-order valence-electron chi connectivity index (χ0n) is 14.2. The van der Waals surface area contributed by atoms with Gasteiger partial charge in [0.15, 0.2) is 0 Å². The number of aliphatic hydroxyl groups excluding tert-OH is 2. The molecule has 0 saturated carbocycles. The highest BCUT2D eigenvalue weighted by molar-refractivity contribution is 5.77. The van der Waals surface area contributed by atoms with E-state index < -0.39 is 18.3 Å². The number of benzene rings is 2. The molecule has 0 spiro atoms. The van der Waals surface area contributed by atoms with Crippen molar-refractivity contribution in [1.82, 2.24) is 5.32 Å². The number of aliphatic hydroxyl groups is 2. The van der Waals surface area contributed by atoms with E-state index in [-0.39, 0.29) is 19.6 Å². The van der Waals surface area contributed by atoms with Crippen molar-refractivity contribution in [3.05, 3.63) is 72.0 Å². The molecule has 0 aliphatic heterocycles. The van der Waals surface area contributed by atoms with Crippen molar-refractivity contribution in [2.24, 2.45) is 0 Å².